The second-order valence-electron chi connectivity index (χ2n) is 7.43. The first-order valence-corrected chi connectivity index (χ1v) is 10.6. The van der Waals surface area contributed by atoms with Crippen LogP contribution in [-0.4, -0.2) is 36.4 Å². The van der Waals surface area contributed by atoms with Gasteiger partial charge < -0.3 is 10.0 Å². The van der Waals surface area contributed by atoms with Crippen LogP contribution in [0.25, 0.3) is 6.08 Å². The zero-order valence-electron chi connectivity index (χ0n) is 15.5. The lowest BCUT2D eigenvalue weighted by molar-refractivity contribution is 0.466. The van der Waals surface area contributed by atoms with Gasteiger partial charge in [0.05, 0.1) is 11.8 Å². The summed E-state index contributed by atoms with van der Waals surface area (Å²) in [6, 6.07) is 15.3. The third kappa shape index (κ3) is 4.17. The van der Waals surface area contributed by atoms with Crippen LogP contribution in [0.1, 0.15) is 31.4 Å². The second kappa shape index (κ2) is 7.37. The van der Waals surface area contributed by atoms with Gasteiger partial charge in [-0.2, -0.15) is 8.42 Å². The van der Waals surface area contributed by atoms with E-state index in [9.17, 15) is 13.5 Å². The molecule has 6 heteroatoms. The van der Waals surface area contributed by atoms with Gasteiger partial charge in [-0.25, -0.2) is 0 Å². The van der Waals surface area contributed by atoms with Crippen LogP contribution in [0, 0.1) is 0 Å². The third-order valence-corrected chi connectivity index (χ3v) is 5.98. The molecule has 2 aromatic carbocycles. The molecule has 2 aromatic rings. The van der Waals surface area contributed by atoms with E-state index in [4.69, 9.17) is 4.55 Å². The largest absolute Gasteiger partial charge is 0.507 e. The van der Waals surface area contributed by atoms with Crippen molar-refractivity contribution in [2.45, 2.75) is 31.7 Å². The second-order valence-corrected chi connectivity index (χ2v) is 9.01. The molecule has 0 radical (unpaired) electrons. The average molecular weight is 388 g/mol. The molecule has 144 valence electrons. The van der Waals surface area contributed by atoms with Gasteiger partial charge in [0.15, 0.2) is 0 Å². The number of phenols is 1. The van der Waals surface area contributed by atoms with Crippen molar-refractivity contribution < 1.29 is 18.1 Å². The summed E-state index contributed by atoms with van der Waals surface area (Å²) in [6.45, 7) is 4.83. The van der Waals surface area contributed by atoms with Crippen LogP contribution < -0.4 is 4.90 Å². The van der Waals surface area contributed by atoms with Gasteiger partial charge in [0.2, 0.25) is 0 Å². The summed E-state index contributed by atoms with van der Waals surface area (Å²) >= 11 is 0. The number of aromatic hydroxyl groups is 1. The average Bonchev–Trinajstić information content (AvgIpc) is 2.81. The Labute approximate surface area is 160 Å². The monoisotopic (exact) mass is 387 g/mol. The third-order valence-electron chi connectivity index (χ3n) is 5.18. The number of hydrogen-bond donors (Lipinski definition) is 2. The lowest BCUT2D eigenvalue weighted by Crippen LogP contribution is -2.40. The number of hydrogen-bond acceptors (Lipinski definition) is 4. The van der Waals surface area contributed by atoms with E-state index in [-0.39, 0.29) is 23.0 Å². The van der Waals surface area contributed by atoms with Crippen LogP contribution in [-0.2, 0) is 15.5 Å². The van der Waals surface area contributed by atoms with Crippen LogP contribution in [0.2, 0.25) is 0 Å². The highest BCUT2D eigenvalue weighted by Crippen LogP contribution is 2.45. The van der Waals surface area contributed by atoms with Crippen molar-refractivity contribution in [1.82, 2.24) is 0 Å². The van der Waals surface area contributed by atoms with E-state index >= 15 is 0 Å². The highest BCUT2D eigenvalue weighted by molar-refractivity contribution is 7.85. The predicted octanol–water partition coefficient (Wildman–Crippen LogP) is 3.85. The van der Waals surface area contributed by atoms with Crippen molar-refractivity contribution in [2.24, 2.45) is 0 Å². The molecular weight excluding hydrogens is 362 g/mol. The molecule has 2 N–H and O–H groups in total. The minimum Gasteiger partial charge on any atom is -0.507 e. The fraction of sp³-hybridized carbons (Fsp3) is 0.333. The molecule has 0 saturated carbocycles. The minimum atomic E-state index is -3.98. The van der Waals surface area contributed by atoms with E-state index in [0.29, 0.717) is 13.0 Å². The minimum absolute atomic E-state index is 0.00379. The van der Waals surface area contributed by atoms with E-state index in [2.05, 4.69) is 30.9 Å². The lowest BCUT2D eigenvalue weighted by atomic mass is 9.80. The molecule has 5 nitrogen and oxygen atoms in total. The van der Waals surface area contributed by atoms with Gasteiger partial charge in [-0.15, -0.1) is 0 Å². The Morgan fingerprint density at radius 2 is 1.78 bits per heavy atom. The Bertz CT molecular complexity index is 950. The van der Waals surface area contributed by atoms with Crippen LogP contribution in [0.3, 0.4) is 0 Å². The number of benzene rings is 2. The Hall–Kier alpha value is -2.31. The van der Waals surface area contributed by atoms with E-state index in [0.717, 1.165) is 11.3 Å². The molecule has 0 bridgehead atoms. The molecule has 0 amide bonds. The fourth-order valence-electron chi connectivity index (χ4n) is 3.81. The highest BCUT2D eigenvalue weighted by Gasteiger charge is 2.42. The Kier molecular flexibility index (Phi) is 5.31. The number of fused-ring (bicyclic) bond motifs is 1. The van der Waals surface area contributed by atoms with Crippen molar-refractivity contribution >= 4 is 21.9 Å². The molecule has 0 saturated heterocycles. The normalized spacial score (nSPS) is 18.8. The summed E-state index contributed by atoms with van der Waals surface area (Å²) in [5.74, 6) is -0.0397. The summed E-state index contributed by atoms with van der Waals surface area (Å²) in [7, 11) is -3.98. The Morgan fingerprint density at radius 3 is 2.48 bits per heavy atom. The fourth-order valence-corrected chi connectivity index (χ4v) is 4.31. The van der Waals surface area contributed by atoms with Crippen LogP contribution in [0.5, 0.6) is 5.75 Å². The molecule has 1 aliphatic rings. The summed E-state index contributed by atoms with van der Waals surface area (Å²) in [6.07, 6.45) is 4.30. The van der Waals surface area contributed by atoms with Gasteiger partial charge in [0.1, 0.15) is 5.75 Å². The van der Waals surface area contributed by atoms with Gasteiger partial charge in [0.25, 0.3) is 10.1 Å². The molecule has 0 aliphatic carbocycles. The predicted molar refractivity (Wildman–Crippen MR) is 109 cm³/mol. The number of anilines is 1. The molecule has 0 fully saturated rings. The van der Waals surface area contributed by atoms with Crippen molar-refractivity contribution in [2.75, 3.05) is 17.2 Å². The number of phenolic OH excluding ortho intramolecular Hbond substituents is 1. The van der Waals surface area contributed by atoms with E-state index in [1.54, 1.807) is 12.1 Å². The van der Waals surface area contributed by atoms with Crippen molar-refractivity contribution in [3.63, 3.8) is 0 Å². The van der Waals surface area contributed by atoms with Crippen LogP contribution in [0.4, 0.5) is 5.69 Å². The quantitative estimate of drug-likeness (QED) is 0.736. The van der Waals surface area contributed by atoms with Crippen LogP contribution >= 0.6 is 0 Å². The zero-order valence-corrected chi connectivity index (χ0v) is 16.4. The summed E-state index contributed by atoms with van der Waals surface area (Å²) in [4.78, 5) is 2.18. The first-order valence-electron chi connectivity index (χ1n) is 8.97. The highest BCUT2D eigenvalue weighted by atomic mass is 32.2. The first kappa shape index (κ1) is 19.5. The number of para-hydroxylation sites is 2. The van der Waals surface area contributed by atoms with Gasteiger partial charge in [-0.3, -0.25) is 4.55 Å². The standard InChI is InChI=1S/C21H25NO4S/c1-21(2)17-9-4-5-10-18(17)22(14-7-15-27(24,25)26)20(21)13-12-16-8-3-6-11-19(16)23/h3-6,8-13,20,23H,7,14-15H2,1-2H3,(H,24,25,26)/b13-12+. The molecular formula is C21H25NO4S. The SMILES string of the molecule is CC1(C)c2ccccc2N(CCCS(=O)(=O)O)C1/C=C/c1ccccc1O. The number of rotatable bonds is 6. The maximum absolute atomic E-state index is 11.1. The van der Waals surface area contributed by atoms with E-state index in [1.807, 2.05) is 36.4 Å². The molecule has 3 rings (SSSR count). The van der Waals surface area contributed by atoms with Crippen molar-refractivity contribution in [1.29, 1.82) is 0 Å². The van der Waals surface area contributed by atoms with Gasteiger partial charge in [-0.1, -0.05) is 62.4 Å². The Morgan fingerprint density at radius 1 is 1.11 bits per heavy atom. The van der Waals surface area contributed by atoms with Crippen LogP contribution in [0.15, 0.2) is 54.6 Å². The van der Waals surface area contributed by atoms with Crippen molar-refractivity contribution in [3.8, 4) is 5.75 Å². The first-order chi connectivity index (χ1) is 12.7. The Balaban J connectivity index is 1.92. The van der Waals surface area contributed by atoms with E-state index < -0.39 is 10.1 Å². The van der Waals surface area contributed by atoms with Gasteiger partial charge >= 0.3 is 0 Å². The molecule has 0 spiro atoms. The number of nitrogens with zero attached hydrogens (tertiary/aromatic N) is 1. The van der Waals surface area contributed by atoms with Crippen molar-refractivity contribution in [3.05, 3.63) is 65.7 Å². The van der Waals surface area contributed by atoms with E-state index in [1.165, 1.54) is 5.56 Å². The molecule has 0 aromatic heterocycles. The maximum atomic E-state index is 11.1. The topological polar surface area (TPSA) is 77.8 Å². The van der Waals surface area contributed by atoms with Gasteiger partial charge in [0, 0.05) is 23.2 Å². The summed E-state index contributed by atoms with van der Waals surface area (Å²) in [5, 5.41) is 10.0. The van der Waals surface area contributed by atoms with Gasteiger partial charge in [-0.05, 0) is 24.1 Å². The summed E-state index contributed by atoms with van der Waals surface area (Å²) < 4.78 is 31.3. The molecule has 1 aliphatic heterocycles. The summed E-state index contributed by atoms with van der Waals surface area (Å²) in [5.41, 5.74) is 2.82. The zero-order chi connectivity index (χ0) is 19.7. The molecule has 27 heavy (non-hydrogen) atoms. The smallest absolute Gasteiger partial charge is 0.264 e. The molecule has 1 heterocycles. The molecule has 1 atom stereocenters. The molecule has 1 unspecified atom stereocenters. The maximum Gasteiger partial charge on any atom is 0.264 e. The lowest BCUT2D eigenvalue weighted by Gasteiger charge is -2.32.